The van der Waals surface area contributed by atoms with Crippen molar-refractivity contribution < 1.29 is 9.90 Å². The first-order valence-corrected chi connectivity index (χ1v) is 3.88. The summed E-state index contributed by atoms with van der Waals surface area (Å²) in [6.07, 6.45) is 2.97. The summed E-state index contributed by atoms with van der Waals surface area (Å²) in [7, 11) is 0.821. The average Bonchev–Trinajstić information content (AvgIpc) is 1.60. The Balaban J connectivity index is 2.53. The Bertz CT molecular complexity index is 118. The SMILES string of the molecule is O=C(O)C1([SiH3])CCC1. The molecule has 0 aromatic heterocycles. The van der Waals surface area contributed by atoms with Crippen LogP contribution < -0.4 is 0 Å². The predicted molar refractivity (Wildman–Crippen MR) is 34.1 cm³/mol. The molecule has 0 heterocycles. The number of rotatable bonds is 1. The number of hydrogen-bond donors (Lipinski definition) is 1. The van der Waals surface area contributed by atoms with Gasteiger partial charge in [-0.3, -0.25) is 4.79 Å². The topological polar surface area (TPSA) is 37.3 Å². The molecule has 0 spiro atoms. The molecular formula is C5H10O2Si. The molecule has 3 heteroatoms. The quantitative estimate of drug-likeness (QED) is 0.498. The lowest BCUT2D eigenvalue weighted by atomic mass is 9.84. The molecule has 0 bridgehead atoms. The van der Waals surface area contributed by atoms with Crippen LogP contribution in [0.2, 0.25) is 5.04 Å². The fourth-order valence-corrected chi connectivity index (χ4v) is 1.63. The van der Waals surface area contributed by atoms with Gasteiger partial charge >= 0.3 is 5.97 Å². The van der Waals surface area contributed by atoms with Crippen molar-refractivity contribution in [2.45, 2.75) is 24.3 Å². The molecule has 0 aliphatic heterocycles. The minimum absolute atomic E-state index is 0.222. The normalized spacial score (nSPS) is 24.5. The second kappa shape index (κ2) is 1.58. The third-order valence-electron chi connectivity index (χ3n) is 1.97. The zero-order valence-electron chi connectivity index (χ0n) is 4.98. The summed E-state index contributed by atoms with van der Waals surface area (Å²) in [5.74, 6) is -0.574. The molecule has 0 atom stereocenters. The van der Waals surface area contributed by atoms with Crippen LogP contribution in [-0.4, -0.2) is 21.3 Å². The Morgan fingerprint density at radius 2 is 2.12 bits per heavy atom. The summed E-state index contributed by atoms with van der Waals surface area (Å²) in [4.78, 5) is 10.3. The Morgan fingerprint density at radius 1 is 1.62 bits per heavy atom. The molecule has 0 unspecified atom stereocenters. The summed E-state index contributed by atoms with van der Waals surface area (Å²) >= 11 is 0. The molecule has 8 heavy (non-hydrogen) atoms. The highest BCUT2D eigenvalue weighted by Crippen LogP contribution is 2.44. The van der Waals surface area contributed by atoms with Gasteiger partial charge in [-0.05, 0) is 12.8 Å². The Hall–Kier alpha value is -0.313. The summed E-state index contributed by atoms with van der Waals surface area (Å²) in [5, 5.41) is 8.30. The summed E-state index contributed by atoms with van der Waals surface area (Å²) in [6, 6.07) is 0. The zero-order chi connectivity index (χ0) is 6.20. The molecule has 46 valence electrons. The van der Waals surface area contributed by atoms with E-state index in [1.54, 1.807) is 0 Å². The van der Waals surface area contributed by atoms with Crippen LogP contribution in [0, 0.1) is 0 Å². The van der Waals surface area contributed by atoms with E-state index < -0.39 is 5.97 Å². The van der Waals surface area contributed by atoms with Gasteiger partial charge in [-0.15, -0.1) is 0 Å². The van der Waals surface area contributed by atoms with Crippen LogP contribution in [0.15, 0.2) is 0 Å². The highest BCUT2D eigenvalue weighted by atomic mass is 28.1. The third-order valence-corrected chi connectivity index (χ3v) is 3.40. The lowest BCUT2D eigenvalue weighted by molar-refractivity contribution is -0.143. The van der Waals surface area contributed by atoms with Crippen molar-refractivity contribution in [1.82, 2.24) is 0 Å². The number of carboxylic acids is 1. The zero-order valence-corrected chi connectivity index (χ0v) is 6.98. The number of carbonyl (C=O) groups is 1. The van der Waals surface area contributed by atoms with Crippen molar-refractivity contribution in [3.63, 3.8) is 0 Å². The van der Waals surface area contributed by atoms with E-state index in [0.717, 1.165) is 29.5 Å². The summed E-state index contributed by atoms with van der Waals surface area (Å²) < 4.78 is 0. The first-order chi connectivity index (χ1) is 3.65. The van der Waals surface area contributed by atoms with Gasteiger partial charge in [-0.1, -0.05) is 6.42 Å². The van der Waals surface area contributed by atoms with Gasteiger partial charge in [-0.25, -0.2) is 0 Å². The van der Waals surface area contributed by atoms with Crippen LogP contribution in [0.1, 0.15) is 19.3 Å². The highest BCUT2D eigenvalue weighted by molar-refractivity contribution is 6.27. The lowest BCUT2D eigenvalue weighted by Gasteiger charge is -2.33. The molecule has 0 amide bonds. The van der Waals surface area contributed by atoms with E-state index in [4.69, 9.17) is 5.11 Å². The van der Waals surface area contributed by atoms with Crippen LogP contribution in [0.5, 0.6) is 0 Å². The third kappa shape index (κ3) is 0.667. The van der Waals surface area contributed by atoms with Crippen LogP contribution in [0.4, 0.5) is 0 Å². The molecule has 1 saturated carbocycles. The van der Waals surface area contributed by atoms with E-state index in [9.17, 15) is 4.79 Å². The fourth-order valence-electron chi connectivity index (χ4n) is 0.921. The number of aliphatic carboxylic acids is 1. The molecule has 2 nitrogen and oxygen atoms in total. The largest absolute Gasteiger partial charge is 0.481 e. The lowest BCUT2D eigenvalue weighted by Crippen LogP contribution is -2.30. The molecule has 0 radical (unpaired) electrons. The van der Waals surface area contributed by atoms with Crippen molar-refractivity contribution >= 4 is 16.2 Å². The van der Waals surface area contributed by atoms with Gasteiger partial charge in [0.15, 0.2) is 0 Å². The van der Waals surface area contributed by atoms with Crippen molar-refractivity contribution in [3.8, 4) is 0 Å². The van der Waals surface area contributed by atoms with Crippen LogP contribution in [0.3, 0.4) is 0 Å². The first-order valence-electron chi connectivity index (χ1n) is 2.88. The molecule has 0 aromatic rings. The maximum absolute atomic E-state index is 10.3. The first kappa shape index (κ1) is 5.82. The second-order valence-electron chi connectivity index (χ2n) is 2.72. The monoisotopic (exact) mass is 130 g/mol. The standard InChI is InChI=1S/C5H10O2Si/c6-4(7)5(8)2-1-3-5/h1-3H2,8H3,(H,6,7). The number of hydrogen-bond acceptors (Lipinski definition) is 1. The molecule has 1 aliphatic rings. The van der Waals surface area contributed by atoms with Crippen molar-refractivity contribution in [2.24, 2.45) is 0 Å². The fraction of sp³-hybridized carbons (Fsp3) is 0.800. The van der Waals surface area contributed by atoms with Crippen molar-refractivity contribution in [3.05, 3.63) is 0 Å². The van der Waals surface area contributed by atoms with Gasteiger partial charge < -0.3 is 5.11 Å². The summed E-state index contributed by atoms with van der Waals surface area (Å²) in [5.41, 5.74) is 0. The minimum Gasteiger partial charge on any atom is -0.481 e. The maximum Gasteiger partial charge on any atom is 0.305 e. The highest BCUT2D eigenvalue weighted by Gasteiger charge is 2.38. The van der Waals surface area contributed by atoms with E-state index >= 15 is 0 Å². The Morgan fingerprint density at radius 3 is 2.12 bits per heavy atom. The van der Waals surface area contributed by atoms with E-state index in [1.165, 1.54) is 0 Å². The summed E-state index contributed by atoms with van der Waals surface area (Å²) in [6.45, 7) is 0. The molecular weight excluding hydrogens is 120 g/mol. The molecule has 1 fully saturated rings. The molecule has 0 aromatic carbocycles. The maximum atomic E-state index is 10.3. The van der Waals surface area contributed by atoms with Gasteiger partial charge in [0.1, 0.15) is 0 Å². The van der Waals surface area contributed by atoms with Crippen molar-refractivity contribution in [1.29, 1.82) is 0 Å². The Kier molecular flexibility index (Phi) is 1.15. The van der Waals surface area contributed by atoms with Gasteiger partial charge in [0.05, 0.1) is 5.04 Å². The van der Waals surface area contributed by atoms with Crippen LogP contribution in [0.25, 0.3) is 0 Å². The predicted octanol–water partition coefficient (Wildman–Crippen LogP) is -0.221. The molecule has 1 aliphatic carbocycles. The molecule has 1 rings (SSSR count). The second-order valence-corrected chi connectivity index (χ2v) is 4.63. The van der Waals surface area contributed by atoms with E-state index in [1.807, 2.05) is 0 Å². The van der Waals surface area contributed by atoms with Crippen LogP contribution in [-0.2, 0) is 4.79 Å². The average molecular weight is 130 g/mol. The molecule has 1 N–H and O–H groups in total. The number of carboxylic acid groups (broad SMARTS) is 1. The van der Waals surface area contributed by atoms with E-state index in [2.05, 4.69) is 0 Å². The minimum atomic E-state index is -0.574. The van der Waals surface area contributed by atoms with Crippen molar-refractivity contribution in [2.75, 3.05) is 0 Å². The smallest absolute Gasteiger partial charge is 0.305 e. The van der Waals surface area contributed by atoms with E-state index in [0.29, 0.717) is 0 Å². The van der Waals surface area contributed by atoms with Gasteiger partial charge in [0, 0.05) is 10.2 Å². The van der Waals surface area contributed by atoms with Gasteiger partial charge in [-0.2, -0.15) is 0 Å². The Labute approximate surface area is 51.3 Å². The molecule has 0 saturated heterocycles. The van der Waals surface area contributed by atoms with Gasteiger partial charge in [0.2, 0.25) is 0 Å². The van der Waals surface area contributed by atoms with Crippen LogP contribution >= 0.6 is 0 Å². The van der Waals surface area contributed by atoms with E-state index in [-0.39, 0.29) is 5.04 Å². The van der Waals surface area contributed by atoms with Gasteiger partial charge in [0.25, 0.3) is 0 Å².